The molecule has 0 bridgehead atoms. The predicted molar refractivity (Wildman–Crippen MR) is 123 cm³/mol. The van der Waals surface area contributed by atoms with Gasteiger partial charge < -0.3 is 20.1 Å². The van der Waals surface area contributed by atoms with E-state index in [0.29, 0.717) is 18.1 Å². The smallest absolute Gasteiger partial charge is 0.295 e. The van der Waals surface area contributed by atoms with Gasteiger partial charge in [0.1, 0.15) is 18.1 Å². The van der Waals surface area contributed by atoms with E-state index in [1.54, 1.807) is 0 Å². The van der Waals surface area contributed by atoms with Crippen LogP contribution in [0.1, 0.15) is 0 Å². The van der Waals surface area contributed by atoms with Crippen molar-refractivity contribution >= 4 is 60.4 Å². The minimum atomic E-state index is -5.00. The molecule has 5 N–H and O–H groups in total. The molecular formula is C18H22N2O13S3. The Balaban J connectivity index is 2.28. The second-order valence-electron chi connectivity index (χ2n) is 6.84. The topological polar surface area (TPSA) is 224 Å². The lowest BCUT2D eigenvalue weighted by Crippen LogP contribution is -2.25. The highest BCUT2D eigenvalue weighted by Crippen LogP contribution is 2.37. The quantitative estimate of drug-likeness (QED) is 0.0647. The molecule has 0 unspecified atom stereocenters. The first-order chi connectivity index (χ1) is 16.9. The Morgan fingerprint density at radius 3 is 2.22 bits per heavy atom. The molecule has 0 aliphatic rings. The molecule has 0 saturated heterocycles. The first-order valence-electron chi connectivity index (χ1n) is 9.70. The zero-order chi connectivity index (χ0) is 26.9. The number of carbonyl (C=O) groups excluding carboxylic acids is 2. The molecule has 0 fully saturated rings. The van der Waals surface area contributed by atoms with Crippen LogP contribution in [0.3, 0.4) is 0 Å². The summed E-state index contributed by atoms with van der Waals surface area (Å²) in [6.07, 6.45) is 0. The van der Waals surface area contributed by atoms with Crippen LogP contribution in [0.4, 0.5) is 5.69 Å². The predicted octanol–water partition coefficient (Wildman–Crippen LogP) is 0.522. The number of carbonyl (C=O) groups is 2. The van der Waals surface area contributed by atoms with E-state index >= 15 is 0 Å². The molecule has 2 rings (SSSR count). The maximum Gasteiger partial charge on any atom is 0.295 e. The second kappa shape index (κ2) is 13.2. The van der Waals surface area contributed by atoms with Crippen LogP contribution in [-0.4, -0.2) is 82.9 Å². The summed E-state index contributed by atoms with van der Waals surface area (Å²) in [5.74, 6) is -0.808. The van der Waals surface area contributed by atoms with E-state index in [0.717, 1.165) is 6.07 Å². The minimum absolute atomic E-state index is 0.0155. The Bertz CT molecular complexity index is 1310. The van der Waals surface area contributed by atoms with E-state index in [4.69, 9.17) is 14.7 Å². The highest BCUT2D eigenvalue weighted by atomic mass is 32.2. The van der Waals surface area contributed by atoms with Crippen LogP contribution < -0.4 is 10.6 Å². The SMILES string of the molecule is CNC(=O)COCCOCC(=O)CNc1cc(SOOO)cc2cc(S(=O)(=O)O)cc(S(=O)(=O)O)c12. The molecule has 1 amide bonds. The molecule has 0 spiro atoms. The van der Waals surface area contributed by atoms with Gasteiger partial charge in [0.25, 0.3) is 20.2 Å². The zero-order valence-electron chi connectivity index (χ0n) is 18.5. The van der Waals surface area contributed by atoms with Crippen LogP contribution in [0.5, 0.6) is 0 Å². The van der Waals surface area contributed by atoms with Crippen LogP contribution in [-0.2, 0) is 48.7 Å². The lowest BCUT2D eigenvalue weighted by molar-refractivity contribution is -0.432. The fraction of sp³-hybridized carbons (Fsp3) is 0.333. The van der Waals surface area contributed by atoms with E-state index < -0.39 is 35.8 Å². The number of amides is 1. The van der Waals surface area contributed by atoms with Crippen molar-refractivity contribution in [2.75, 3.05) is 45.3 Å². The summed E-state index contributed by atoms with van der Waals surface area (Å²) in [7, 11) is -8.43. The molecule has 15 nitrogen and oxygen atoms in total. The number of anilines is 1. The Morgan fingerprint density at radius 1 is 0.972 bits per heavy atom. The summed E-state index contributed by atoms with van der Waals surface area (Å²) < 4.78 is 80.8. The van der Waals surface area contributed by atoms with Crippen LogP contribution >= 0.6 is 12.0 Å². The molecule has 0 saturated carbocycles. The van der Waals surface area contributed by atoms with Crippen molar-refractivity contribution < 1.29 is 59.6 Å². The molecule has 0 aliphatic carbocycles. The summed E-state index contributed by atoms with van der Waals surface area (Å²) in [5, 5.41) is 16.7. The number of Topliss-reactive ketones (excluding diaryl/α,β-unsaturated/α-hetero) is 1. The van der Waals surface area contributed by atoms with E-state index in [-0.39, 0.29) is 60.2 Å². The third-order valence-corrected chi connectivity index (χ3v) is 6.59. The maximum absolute atomic E-state index is 12.2. The first-order valence-corrected chi connectivity index (χ1v) is 13.3. The van der Waals surface area contributed by atoms with Gasteiger partial charge in [0, 0.05) is 23.0 Å². The van der Waals surface area contributed by atoms with Crippen molar-refractivity contribution in [2.45, 2.75) is 14.7 Å². The molecular weight excluding hydrogens is 548 g/mol. The van der Waals surface area contributed by atoms with Crippen LogP contribution in [0.15, 0.2) is 39.0 Å². The zero-order valence-corrected chi connectivity index (χ0v) is 20.9. The van der Waals surface area contributed by atoms with Gasteiger partial charge in [-0.15, -0.1) is 4.33 Å². The van der Waals surface area contributed by atoms with Crippen LogP contribution in [0.25, 0.3) is 10.8 Å². The monoisotopic (exact) mass is 570 g/mol. The number of rotatable bonds is 15. The van der Waals surface area contributed by atoms with Crippen molar-refractivity contribution in [1.82, 2.24) is 5.32 Å². The first kappa shape index (κ1) is 29.8. The Kier molecular flexibility index (Phi) is 11.0. The molecule has 0 atom stereocenters. The summed E-state index contributed by atoms with van der Waals surface area (Å²) in [6.45, 7) is -0.843. The molecule has 2 aromatic rings. The van der Waals surface area contributed by atoms with Gasteiger partial charge in [0.15, 0.2) is 5.78 Å². The number of likely N-dealkylation sites (N-methyl/N-ethyl adjacent to an activating group) is 1. The Morgan fingerprint density at radius 2 is 1.64 bits per heavy atom. The van der Waals surface area contributed by atoms with Gasteiger partial charge in [-0.05, 0) is 29.7 Å². The van der Waals surface area contributed by atoms with Gasteiger partial charge in [-0.2, -0.15) is 16.8 Å². The number of hydrogen-bond acceptors (Lipinski definition) is 13. The molecule has 2 aromatic carbocycles. The number of hydrogen-bond donors (Lipinski definition) is 5. The normalized spacial score (nSPS) is 12.0. The number of fused-ring (bicyclic) bond motifs is 1. The van der Waals surface area contributed by atoms with Crippen molar-refractivity contribution in [3.63, 3.8) is 0 Å². The van der Waals surface area contributed by atoms with Gasteiger partial charge in [-0.25, -0.2) is 5.26 Å². The lowest BCUT2D eigenvalue weighted by Gasteiger charge is -2.15. The second-order valence-corrected chi connectivity index (χ2v) is 10.4. The van der Waals surface area contributed by atoms with Gasteiger partial charge in [0.05, 0.1) is 36.7 Å². The molecule has 0 heterocycles. The average Bonchev–Trinajstić information content (AvgIpc) is 2.81. The third-order valence-electron chi connectivity index (χ3n) is 4.32. The number of ketones is 1. The number of nitrogens with one attached hydrogen (secondary N) is 2. The molecule has 200 valence electrons. The largest absolute Gasteiger partial charge is 0.377 e. The molecule has 36 heavy (non-hydrogen) atoms. The van der Waals surface area contributed by atoms with Gasteiger partial charge in [-0.1, -0.05) is 5.04 Å². The summed E-state index contributed by atoms with van der Waals surface area (Å²) in [4.78, 5) is 21.7. The van der Waals surface area contributed by atoms with Crippen molar-refractivity contribution in [3.8, 4) is 0 Å². The number of benzene rings is 2. The fourth-order valence-electron chi connectivity index (χ4n) is 2.80. The van der Waals surface area contributed by atoms with E-state index in [1.807, 2.05) is 0 Å². The van der Waals surface area contributed by atoms with E-state index in [2.05, 4.69) is 20.0 Å². The minimum Gasteiger partial charge on any atom is -0.377 e. The van der Waals surface area contributed by atoms with Crippen molar-refractivity contribution in [1.29, 1.82) is 0 Å². The molecule has 0 aliphatic heterocycles. The van der Waals surface area contributed by atoms with E-state index in [9.17, 15) is 35.5 Å². The highest BCUT2D eigenvalue weighted by molar-refractivity contribution is 7.94. The summed E-state index contributed by atoms with van der Waals surface area (Å²) in [5.41, 5.74) is -0.0479. The maximum atomic E-state index is 12.2. The van der Waals surface area contributed by atoms with Gasteiger partial charge >= 0.3 is 0 Å². The fourth-order valence-corrected chi connectivity index (χ4v) is 4.63. The average molecular weight is 571 g/mol. The summed E-state index contributed by atoms with van der Waals surface area (Å²) in [6, 6.07) is 3.98. The van der Waals surface area contributed by atoms with Crippen molar-refractivity contribution in [3.05, 3.63) is 24.3 Å². The van der Waals surface area contributed by atoms with E-state index in [1.165, 1.54) is 19.2 Å². The molecule has 0 radical (unpaired) electrons. The van der Waals surface area contributed by atoms with Crippen LogP contribution in [0.2, 0.25) is 0 Å². The van der Waals surface area contributed by atoms with Crippen LogP contribution in [0, 0.1) is 0 Å². The Hall–Kier alpha value is -2.39. The highest BCUT2D eigenvalue weighted by Gasteiger charge is 2.23. The summed E-state index contributed by atoms with van der Waals surface area (Å²) >= 11 is 0.447. The van der Waals surface area contributed by atoms with Gasteiger partial charge in [-0.3, -0.25) is 18.7 Å². The third kappa shape index (κ3) is 8.92. The number of ether oxygens (including phenoxy) is 2. The molecule has 0 aromatic heterocycles. The van der Waals surface area contributed by atoms with Gasteiger partial charge in [0.2, 0.25) is 5.91 Å². The lowest BCUT2D eigenvalue weighted by atomic mass is 10.1. The standard InChI is InChI=1S/C18H22N2O13S3/c1-19-17(22)10-31-3-2-30-9-12(21)8-20-15-6-13(34-33-32-23)4-11-5-14(35(24,25)26)7-16(18(11)15)36(27,28)29/h4-7,20,23H,2-3,8-10H2,1H3,(H,19,22)(H,24,25,26)(H,27,28,29). The van der Waals surface area contributed by atoms with Crippen molar-refractivity contribution in [2.24, 2.45) is 0 Å². The molecule has 18 heteroatoms. The Labute approximate surface area is 209 Å².